The number of nitrogen functional groups attached to an aromatic ring is 1. The number of nitrogens with one attached hydrogen (secondary N) is 1. The first-order chi connectivity index (χ1) is 9.63. The lowest BCUT2D eigenvalue weighted by molar-refractivity contribution is 0.103. The molecule has 1 amide bonds. The van der Waals surface area contributed by atoms with Crippen LogP contribution in [-0.4, -0.2) is 11.7 Å². The van der Waals surface area contributed by atoms with Gasteiger partial charge in [-0.25, -0.2) is 0 Å². The molecule has 104 valence electrons. The molecule has 3 nitrogen and oxygen atoms in total. The summed E-state index contributed by atoms with van der Waals surface area (Å²) in [6.07, 6.45) is 1.07. The lowest BCUT2D eigenvalue weighted by Gasteiger charge is -2.08. The SMILES string of the molecule is Cc1ccc(NC(=O)c2cc3c(s2)CCSC3)c(N)c1. The zero-order valence-corrected chi connectivity index (χ0v) is 12.9. The number of carbonyl (C=O) groups excluding carboxylic acids is 1. The maximum Gasteiger partial charge on any atom is 0.265 e. The predicted octanol–water partition coefficient (Wildman–Crippen LogP) is 3.68. The molecule has 2 aromatic rings. The Balaban J connectivity index is 1.80. The molecule has 0 spiro atoms. The fourth-order valence-electron chi connectivity index (χ4n) is 2.24. The first-order valence-electron chi connectivity index (χ1n) is 6.50. The minimum Gasteiger partial charge on any atom is -0.397 e. The molecule has 0 fully saturated rings. The Morgan fingerprint density at radius 2 is 2.20 bits per heavy atom. The molecule has 0 saturated carbocycles. The van der Waals surface area contributed by atoms with E-state index in [9.17, 15) is 4.79 Å². The molecule has 20 heavy (non-hydrogen) atoms. The first-order valence-corrected chi connectivity index (χ1v) is 8.47. The van der Waals surface area contributed by atoms with Gasteiger partial charge in [0.05, 0.1) is 16.3 Å². The predicted molar refractivity (Wildman–Crippen MR) is 87.7 cm³/mol. The van der Waals surface area contributed by atoms with Crippen LogP contribution in [0.5, 0.6) is 0 Å². The number of hydrogen-bond acceptors (Lipinski definition) is 4. The van der Waals surface area contributed by atoms with Gasteiger partial charge in [0.15, 0.2) is 0 Å². The van der Waals surface area contributed by atoms with Crippen LogP contribution < -0.4 is 11.1 Å². The minimum absolute atomic E-state index is 0.0649. The number of nitrogens with two attached hydrogens (primary N) is 1. The summed E-state index contributed by atoms with van der Waals surface area (Å²) < 4.78 is 0. The van der Waals surface area contributed by atoms with Crippen LogP contribution in [0.1, 0.15) is 25.7 Å². The van der Waals surface area contributed by atoms with E-state index in [0.29, 0.717) is 11.4 Å². The molecule has 5 heteroatoms. The van der Waals surface area contributed by atoms with Crippen LogP contribution in [0.25, 0.3) is 0 Å². The zero-order chi connectivity index (χ0) is 14.1. The van der Waals surface area contributed by atoms with E-state index in [4.69, 9.17) is 5.73 Å². The van der Waals surface area contributed by atoms with Crippen LogP contribution >= 0.6 is 23.1 Å². The molecule has 3 N–H and O–H groups in total. The molecule has 1 aliphatic rings. The highest BCUT2D eigenvalue weighted by Crippen LogP contribution is 2.32. The quantitative estimate of drug-likeness (QED) is 0.832. The summed E-state index contributed by atoms with van der Waals surface area (Å²) in [5.41, 5.74) is 9.62. The van der Waals surface area contributed by atoms with E-state index in [1.54, 1.807) is 11.3 Å². The van der Waals surface area contributed by atoms with Gasteiger partial charge in [-0.3, -0.25) is 4.79 Å². The van der Waals surface area contributed by atoms with Gasteiger partial charge in [-0.15, -0.1) is 11.3 Å². The maximum absolute atomic E-state index is 12.3. The largest absolute Gasteiger partial charge is 0.397 e. The number of benzene rings is 1. The highest BCUT2D eigenvalue weighted by molar-refractivity contribution is 7.98. The van der Waals surface area contributed by atoms with Crippen LogP contribution in [0.3, 0.4) is 0 Å². The van der Waals surface area contributed by atoms with Crippen molar-refractivity contribution in [2.24, 2.45) is 0 Å². The summed E-state index contributed by atoms with van der Waals surface area (Å²) in [4.78, 5) is 14.4. The fraction of sp³-hybridized carbons (Fsp3) is 0.267. The number of thioether (sulfide) groups is 1. The van der Waals surface area contributed by atoms with Crippen molar-refractivity contribution >= 4 is 40.4 Å². The minimum atomic E-state index is -0.0649. The number of rotatable bonds is 2. The van der Waals surface area contributed by atoms with E-state index in [-0.39, 0.29) is 5.91 Å². The number of aryl methyl sites for hydroxylation is 2. The van der Waals surface area contributed by atoms with Gasteiger partial charge in [0.1, 0.15) is 0 Å². The van der Waals surface area contributed by atoms with E-state index >= 15 is 0 Å². The maximum atomic E-state index is 12.3. The van der Waals surface area contributed by atoms with Crippen LogP contribution in [0.4, 0.5) is 11.4 Å². The molecule has 0 unspecified atom stereocenters. The van der Waals surface area contributed by atoms with Gasteiger partial charge < -0.3 is 11.1 Å². The molecule has 1 aliphatic heterocycles. The number of thiophene rings is 1. The third-order valence-corrected chi connectivity index (χ3v) is 5.55. The summed E-state index contributed by atoms with van der Waals surface area (Å²) in [5, 5.41) is 2.90. The Hall–Kier alpha value is -1.46. The third-order valence-electron chi connectivity index (χ3n) is 3.31. The topological polar surface area (TPSA) is 55.1 Å². The molecular formula is C15H16N2OS2. The number of carbonyl (C=O) groups is 1. The summed E-state index contributed by atoms with van der Waals surface area (Å²) in [6, 6.07) is 7.69. The van der Waals surface area contributed by atoms with Gasteiger partial charge in [-0.1, -0.05) is 6.07 Å². The van der Waals surface area contributed by atoms with E-state index in [1.807, 2.05) is 43.0 Å². The van der Waals surface area contributed by atoms with Crippen LogP contribution in [0.15, 0.2) is 24.3 Å². The summed E-state index contributed by atoms with van der Waals surface area (Å²) >= 11 is 3.53. The van der Waals surface area contributed by atoms with Crippen LogP contribution in [-0.2, 0) is 12.2 Å². The smallest absolute Gasteiger partial charge is 0.265 e. The van der Waals surface area contributed by atoms with Crippen LogP contribution in [0, 0.1) is 6.92 Å². The molecule has 0 atom stereocenters. The first kappa shape index (κ1) is 13.5. The highest BCUT2D eigenvalue weighted by atomic mass is 32.2. The number of amides is 1. The lowest BCUT2D eigenvalue weighted by Crippen LogP contribution is -2.11. The molecule has 0 bridgehead atoms. The van der Waals surface area contributed by atoms with Gasteiger partial charge in [0, 0.05) is 10.6 Å². The Kier molecular flexibility index (Phi) is 3.72. The van der Waals surface area contributed by atoms with Crippen molar-refractivity contribution in [3.8, 4) is 0 Å². The molecule has 0 saturated heterocycles. The van der Waals surface area contributed by atoms with Gasteiger partial charge in [0.25, 0.3) is 5.91 Å². The second kappa shape index (κ2) is 5.50. The number of anilines is 2. The van der Waals surface area contributed by atoms with Crippen molar-refractivity contribution in [1.82, 2.24) is 0 Å². The Bertz CT molecular complexity index is 640. The molecule has 0 aliphatic carbocycles. The average Bonchev–Trinajstić information content (AvgIpc) is 2.86. The van der Waals surface area contributed by atoms with Crippen molar-refractivity contribution in [2.75, 3.05) is 16.8 Å². The van der Waals surface area contributed by atoms with Gasteiger partial charge in [-0.05, 0) is 48.4 Å². The van der Waals surface area contributed by atoms with Crippen molar-refractivity contribution in [3.05, 3.63) is 45.1 Å². The molecular weight excluding hydrogens is 288 g/mol. The third kappa shape index (κ3) is 2.69. The fourth-order valence-corrected chi connectivity index (χ4v) is 4.51. The van der Waals surface area contributed by atoms with Crippen molar-refractivity contribution in [2.45, 2.75) is 19.1 Å². The Morgan fingerprint density at radius 1 is 1.35 bits per heavy atom. The van der Waals surface area contributed by atoms with Crippen molar-refractivity contribution in [1.29, 1.82) is 0 Å². The lowest BCUT2D eigenvalue weighted by atomic mass is 10.2. The summed E-state index contributed by atoms with van der Waals surface area (Å²) in [7, 11) is 0. The monoisotopic (exact) mass is 304 g/mol. The van der Waals surface area contributed by atoms with Gasteiger partial charge in [0.2, 0.25) is 0 Å². The molecule has 2 heterocycles. The van der Waals surface area contributed by atoms with Crippen molar-refractivity contribution < 1.29 is 4.79 Å². The Labute approximate surface area is 126 Å². The van der Waals surface area contributed by atoms with Crippen LogP contribution in [0.2, 0.25) is 0 Å². The highest BCUT2D eigenvalue weighted by Gasteiger charge is 2.18. The Morgan fingerprint density at radius 3 is 2.95 bits per heavy atom. The van der Waals surface area contributed by atoms with E-state index in [1.165, 1.54) is 10.4 Å². The van der Waals surface area contributed by atoms with Crippen molar-refractivity contribution in [3.63, 3.8) is 0 Å². The average molecular weight is 304 g/mol. The molecule has 1 aromatic carbocycles. The van der Waals surface area contributed by atoms with E-state index in [0.717, 1.165) is 28.4 Å². The molecule has 3 rings (SSSR count). The van der Waals surface area contributed by atoms with Gasteiger partial charge in [-0.2, -0.15) is 11.8 Å². The summed E-state index contributed by atoms with van der Waals surface area (Å²) in [6.45, 7) is 1.98. The van der Waals surface area contributed by atoms with Gasteiger partial charge >= 0.3 is 0 Å². The number of fused-ring (bicyclic) bond motifs is 1. The van der Waals surface area contributed by atoms with E-state index < -0.39 is 0 Å². The second-order valence-corrected chi connectivity index (χ2v) is 7.15. The normalized spacial score (nSPS) is 13.8. The second-order valence-electron chi connectivity index (χ2n) is 4.91. The number of hydrogen-bond donors (Lipinski definition) is 2. The van der Waals surface area contributed by atoms with E-state index in [2.05, 4.69) is 5.32 Å². The molecule has 0 radical (unpaired) electrons. The zero-order valence-electron chi connectivity index (χ0n) is 11.2. The standard InChI is InChI=1S/C15H16N2OS2/c1-9-2-3-12(11(16)6-9)17-15(18)14-7-10-8-19-5-4-13(10)20-14/h2-3,6-7H,4-5,8,16H2,1H3,(H,17,18). The summed E-state index contributed by atoms with van der Waals surface area (Å²) in [5.74, 6) is 2.11. The molecule has 1 aromatic heterocycles.